The second-order valence-corrected chi connectivity index (χ2v) is 7.79. The molecule has 5 nitrogen and oxygen atoms in total. The van der Waals surface area contributed by atoms with Crippen molar-refractivity contribution < 1.29 is 4.39 Å². The lowest BCUT2D eigenvalue weighted by Crippen LogP contribution is -2.78. The van der Waals surface area contributed by atoms with E-state index >= 15 is 0 Å². The molecule has 1 aromatic heterocycles. The molecule has 2 unspecified atom stereocenters. The minimum Gasteiger partial charge on any atom is -0.364 e. The molecule has 2 aliphatic heterocycles. The zero-order valence-electron chi connectivity index (χ0n) is 15.0. The Bertz CT molecular complexity index is 1140. The molecule has 0 N–H and O–H groups in total. The highest BCUT2D eigenvalue weighted by molar-refractivity contribution is 6.30. The average molecular weight is 385 g/mol. The zero-order chi connectivity index (χ0) is 18.9. The zero-order valence-corrected chi connectivity index (χ0v) is 15.7. The summed E-state index contributed by atoms with van der Waals surface area (Å²) >= 11 is 6.01. The number of benzene rings is 2. The van der Waals surface area contributed by atoms with Gasteiger partial charge in [-0.05, 0) is 43.4 Å². The third-order valence-electron chi connectivity index (χ3n) is 5.83. The molecule has 0 saturated carbocycles. The molecule has 5 rings (SSSR count). The Hall–Kier alpha value is -2.44. The van der Waals surface area contributed by atoms with Gasteiger partial charge in [-0.2, -0.15) is 0 Å². The van der Waals surface area contributed by atoms with Crippen molar-refractivity contribution in [1.29, 1.82) is 0 Å². The number of hydrogen-bond acceptors (Lipinski definition) is 4. The normalized spacial score (nSPS) is 21.7. The van der Waals surface area contributed by atoms with Crippen LogP contribution in [0.25, 0.3) is 22.3 Å². The second-order valence-electron chi connectivity index (χ2n) is 7.35. The summed E-state index contributed by atoms with van der Waals surface area (Å²) in [6.07, 6.45) is 0. The molecule has 2 saturated heterocycles. The van der Waals surface area contributed by atoms with E-state index in [0.29, 0.717) is 28.0 Å². The Morgan fingerprint density at radius 2 is 1.93 bits per heavy atom. The van der Waals surface area contributed by atoms with Gasteiger partial charge in [0.15, 0.2) is 0 Å². The van der Waals surface area contributed by atoms with Gasteiger partial charge < -0.3 is 4.90 Å². The van der Waals surface area contributed by atoms with Crippen molar-refractivity contribution in [2.75, 3.05) is 25.0 Å². The first-order chi connectivity index (χ1) is 12.9. The van der Waals surface area contributed by atoms with E-state index in [2.05, 4.69) is 21.8 Å². The van der Waals surface area contributed by atoms with E-state index < -0.39 is 5.82 Å². The van der Waals surface area contributed by atoms with Crippen molar-refractivity contribution in [2.24, 2.45) is 7.05 Å². The van der Waals surface area contributed by atoms with E-state index in [4.69, 9.17) is 11.6 Å². The molecular weight excluding hydrogens is 367 g/mol. The minimum absolute atomic E-state index is 0.195. The summed E-state index contributed by atoms with van der Waals surface area (Å²) in [5.41, 5.74) is 1.62. The van der Waals surface area contributed by atoms with Gasteiger partial charge in [-0.25, -0.2) is 9.37 Å². The molecule has 2 atom stereocenters. The van der Waals surface area contributed by atoms with Gasteiger partial charge >= 0.3 is 0 Å². The Labute approximate surface area is 160 Å². The molecule has 2 aliphatic rings. The maximum Gasteiger partial charge on any atom is 0.261 e. The van der Waals surface area contributed by atoms with Crippen LogP contribution in [0.1, 0.15) is 0 Å². The van der Waals surface area contributed by atoms with Gasteiger partial charge in [-0.1, -0.05) is 11.6 Å². The highest BCUT2D eigenvalue weighted by Gasteiger charge is 2.49. The van der Waals surface area contributed by atoms with E-state index in [9.17, 15) is 9.18 Å². The Morgan fingerprint density at radius 3 is 2.63 bits per heavy atom. The third-order valence-corrected chi connectivity index (χ3v) is 6.06. The summed E-state index contributed by atoms with van der Waals surface area (Å²) in [6.45, 7) is 2.03. The van der Waals surface area contributed by atoms with Crippen LogP contribution in [-0.2, 0) is 7.05 Å². The monoisotopic (exact) mass is 384 g/mol. The van der Waals surface area contributed by atoms with Crippen molar-refractivity contribution in [3.05, 3.63) is 57.6 Å². The number of piperazine rings is 1. The van der Waals surface area contributed by atoms with Crippen LogP contribution in [0.5, 0.6) is 0 Å². The molecular formula is C20H18ClFN4O. The maximum atomic E-state index is 14.3. The van der Waals surface area contributed by atoms with Crippen LogP contribution in [0, 0.1) is 5.82 Å². The van der Waals surface area contributed by atoms with Gasteiger partial charge in [0.25, 0.3) is 5.56 Å². The van der Waals surface area contributed by atoms with Crippen LogP contribution in [0.15, 0.2) is 41.2 Å². The van der Waals surface area contributed by atoms with Gasteiger partial charge in [0.05, 0.1) is 22.5 Å². The summed E-state index contributed by atoms with van der Waals surface area (Å²) in [7, 11) is 3.74. The molecule has 2 aromatic carbocycles. The summed E-state index contributed by atoms with van der Waals surface area (Å²) in [5.74, 6) is -0.191. The van der Waals surface area contributed by atoms with E-state index in [0.717, 1.165) is 18.8 Å². The molecule has 138 valence electrons. The number of nitrogens with zero attached hydrogens (tertiary/aromatic N) is 4. The first kappa shape index (κ1) is 16.7. The number of likely N-dealkylation sites (tertiary alicyclic amines) is 1. The average Bonchev–Trinajstić information content (AvgIpc) is 2.65. The first-order valence-corrected chi connectivity index (χ1v) is 9.25. The molecule has 27 heavy (non-hydrogen) atoms. The highest BCUT2D eigenvalue weighted by atomic mass is 35.5. The molecule has 0 amide bonds. The standard InChI is InChI=1S/C20H18ClFN4O/c1-24-9-18-17(24)10-26(18)12-4-6-16-14(8-12)20(27)25(2)19(23-16)13-7-11(21)3-5-15(13)22/h3-8,17-18H,9-10H2,1-2H3. The predicted molar refractivity (Wildman–Crippen MR) is 105 cm³/mol. The van der Waals surface area contributed by atoms with Gasteiger partial charge in [0.2, 0.25) is 0 Å². The number of fused-ring (bicyclic) bond motifs is 2. The molecule has 2 fully saturated rings. The fourth-order valence-electron chi connectivity index (χ4n) is 4.12. The fraction of sp³-hybridized carbons (Fsp3) is 0.300. The summed E-state index contributed by atoms with van der Waals surface area (Å²) < 4.78 is 15.7. The Kier molecular flexibility index (Phi) is 3.58. The van der Waals surface area contributed by atoms with E-state index in [1.54, 1.807) is 7.05 Å². The number of rotatable bonds is 2. The van der Waals surface area contributed by atoms with Gasteiger partial charge in [-0.15, -0.1) is 0 Å². The Morgan fingerprint density at radius 1 is 1.11 bits per heavy atom. The second kappa shape index (κ2) is 5.78. The molecule has 0 aliphatic carbocycles. The van der Waals surface area contributed by atoms with Crippen molar-refractivity contribution in [3.63, 3.8) is 0 Å². The molecule has 3 aromatic rings. The number of aromatic nitrogens is 2. The summed E-state index contributed by atoms with van der Waals surface area (Å²) in [4.78, 5) is 22.2. The Balaban J connectivity index is 1.61. The number of anilines is 1. The van der Waals surface area contributed by atoms with Crippen LogP contribution in [0.3, 0.4) is 0 Å². The molecule has 3 heterocycles. The van der Waals surface area contributed by atoms with E-state index in [-0.39, 0.29) is 16.9 Å². The van der Waals surface area contributed by atoms with Crippen LogP contribution < -0.4 is 10.5 Å². The fourth-order valence-corrected chi connectivity index (χ4v) is 4.29. The third kappa shape index (κ3) is 2.40. The first-order valence-electron chi connectivity index (χ1n) is 8.87. The van der Waals surface area contributed by atoms with Crippen LogP contribution in [0.4, 0.5) is 10.1 Å². The van der Waals surface area contributed by atoms with E-state index in [1.165, 1.54) is 22.8 Å². The van der Waals surface area contributed by atoms with Crippen molar-refractivity contribution in [1.82, 2.24) is 14.5 Å². The molecule has 0 spiro atoms. The highest BCUT2D eigenvalue weighted by Crippen LogP contribution is 2.37. The van der Waals surface area contributed by atoms with Gasteiger partial charge in [-0.3, -0.25) is 14.3 Å². The van der Waals surface area contributed by atoms with Gasteiger partial charge in [0.1, 0.15) is 11.6 Å². The van der Waals surface area contributed by atoms with Crippen LogP contribution in [-0.4, -0.2) is 46.7 Å². The summed E-state index contributed by atoms with van der Waals surface area (Å²) in [5, 5.41) is 0.936. The predicted octanol–water partition coefficient (Wildman–Crippen LogP) is 2.90. The SMILES string of the molecule is CN1CC2C1CN2c1ccc2nc(-c3cc(Cl)ccc3F)n(C)c(=O)c2c1. The van der Waals surface area contributed by atoms with Crippen LogP contribution in [0.2, 0.25) is 5.02 Å². The number of hydrogen-bond donors (Lipinski definition) is 0. The molecule has 0 bridgehead atoms. The molecule has 0 radical (unpaired) electrons. The number of halogens is 2. The van der Waals surface area contributed by atoms with Crippen molar-refractivity contribution in [2.45, 2.75) is 12.1 Å². The van der Waals surface area contributed by atoms with E-state index in [1.807, 2.05) is 18.2 Å². The lowest BCUT2D eigenvalue weighted by molar-refractivity contribution is 0.0369. The number of likely N-dealkylation sites (N-methyl/N-ethyl adjacent to an activating group) is 1. The summed E-state index contributed by atoms with van der Waals surface area (Å²) in [6, 6.07) is 11.1. The molecule has 7 heteroatoms. The lowest BCUT2D eigenvalue weighted by Gasteiger charge is -2.62. The largest absolute Gasteiger partial charge is 0.364 e. The van der Waals surface area contributed by atoms with Crippen molar-refractivity contribution >= 4 is 28.2 Å². The van der Waals surface area contributed by atoms with Crippen molar-refractivity contribution in [3.8, 4) is 11.4 Å². The van der Waals surface area contributed by atoms with Crippen LogP contribution >= 0.6 is 11.6 Å². The maximum absolute atomic E-state index is 14.3. The topological polar surface area (TPSA) is 41.4 Å². The quantitative estimate of drug-likeness (QED) is 0.681. The smallest absolute Gasteiger partial charge is 0.261 e. The minimum atomic E-state index is -0.460. The lowest BCUT2D eigenvalue weighted by atomic mass is 9.85. The van der Waals surface area contributed by atoms with Gasteiger partial charge in [0, 0.05) is 36.9 Å².